The highest BCUT2D eigenvalue weighted by atomic mass is 19.2. The molecule has 0 aliphatic carbocycles. The third kappa shape index (κ3) is 3.34. The molecule has 0 bridgehead atoms. The Morgan fingerprint density at radius 3 is 2.52 bits per heavy atom. The van der Waals surface area contributed by atoms with Crippen molar-refractivity contribution < 1.29 is 18.0 Å². The lowest BCUT2D eigenvalue weighted by molar-refractivity contribution is 0.0946. The second-order valence-corrected chi connectivity index (χ2v) is 4.63. The number of amides is 1. The summed E-state index contributed by atoms with van der Waals surface area (Å²) >= 11 is 0. The number of carbonyl (C=O) groups excluding carboxylic acids is 1. The second kappa shape index (κ2) is 5.87. The van der Waals surface area contributed by atoms with Gasteiger partial charge in [-0.3, -0.25) is 4.79 Å². The SMILES string of the molecule is Cc1cc(N)cc(C(=O)NCc2ccc(F)c(F)c2)c1F. The third-order valence-electron chi connectivity index (χ3n) is 2.96. The Morgan fingerprint density at radius 2 is 1.86 bits per heavy atom. The van der Waals surface area contributed by atoms with Crippen molar-refractivity contribution in [1.29, 1.82) is 0 Å². The molecular formula is C15H13F3N2O. The highest BCUT2D eigenvalue weighted by molar-refractivity contribution is 5.95. The van der Waals surface area contributed by atoms with Crippen LogP contribution in [0.3, 0.4) is 0 Å². The van der Waals surface area contributed by atoms with Gasteiger partial charge in [0.05, 0.1) is 5.56 Å². The lowest BCUT2D eigenvalue weighted by Gasteiger charge is -2.09. The molecule has 0 saturated heterocycles. The summed E-state index contributed by atoms with van der Waals surface area (Å²) < 4.78 is 39.7. The van der Waals surface area contributed by atoms with Crippen LogP contribution in [0.25, 0.3) is 0 Å². The van der Waals surface area contributed by atoms with E-state index in [1.165, 1.54) is 25.1 Å². The average molecular weight is 294 g/mol. The van der Waals surface area contributed by atoms with Gasteiger partial charge in [-0.25, -0.2) is 13.2 Å². The van der Waals surface area contributed by atoms with Crippen molar-refractivity contribution in [3.8, 4) is 0 Å². The molecule has 6 heteroatoms. The van der Waals surface area contributed by atoms with Crippen LogP contribution in [0.5, 0.6) is 0 Å². The van der Waals surface area contributed by atoms with Crippen LogP contribution in [0.1, 0.15) is 21.5 Å². The highest BCUT2D eigenvalue weighted by Gasteiger charge is 2.14. The number of aryl methyl sites for hydroxylation is 1. The van der Waals surface area contributed by atoms with Crippen LogP contribution in [-0.2, 0) is 6.54 Å². The third-order valence-corrected chi connectivity index (χ3v) is 2.96. The van der Waals surface area contributed by atoms with Gasteiger partial charge in [0.1, 0.15) is 5.82 Å². The Balaban J connectivity index is 2.13. The summed E-state index contributed by atoms with van der Waals surface area (Å²) in [5, 5.41) is 2.43. The molecule has 3 nitrogen and oxygen atoms in total. The van der Waals surface area contributed by atoms with Gasteiger partial charge in [-0.1, -0.05) is 6.07 Å². The van der Waals surface area contributed by atoms with Crippen LogP contribution < -0.4 is 11.1 Å². The molecule has 0 heterocycles. The minimum absolute atomic E-state index is 0.0523. The Kier molecular flexibility index (Phi) is 4.16. The number of carbonyl (C=O) groups is 1. The van der Waals surface area contributed by atoms with E-state index in [2.05, 4.69) is 5.32 Å². The van der Waals surface area contributed by atoms with Crippen molar-refractivity contribution in [2.75, 3.05) is 5.73 Å². The molecule has 0 saturated carbocycles. The molecule has 0 unspecified atom stereocenters. The molecular weight excluding hydrogens is 281 g/mol. The van der Waals surface area contributed by atoms with Crippen LogP contribution >= 0.6 is 0 Å². The summed E-state index contributed by atoms with van der Waals surface area (Å²) in [7, 11) is 0. The molecule has 1 amide bonds. The number of hydrogen-bond donors (Lipinski definition) is 2. The standard InChI is InChI=1S/C15H13F3N2O/c1-8-4-10(19)6-11(14(8)18)15(21)20-7-9-2-3-12(16)13(17)5-9/h2-6H,7,19H2,1H3,(H,20,21). The summed E-state index contributed by atoms with van der Waals surface area (Å²) in [5.74, 6) is -3.31. The van der Waals surface area contributed by atoms with Crippen molar-refractivity contribution in [2.24, 2.45) is 0 Å². The van der Waals surface area contributed by atoms with E-state index >= 15 is 0 Å². The first-order valence-electron chi connectivity index (χ1n) is 6.16. The summed E-state index contributed by atoms with van der Waals surface area (Å²) in [5.41, 5.74) is 6.28. The fourth-order valence-electron chi connectivity index (χ4n) is 1.89. The Hall–Kier alpha value is -2.50. The molecule has 0 spiro atoms. The highest BCUT2D eigenvalue weighted by Crippen LogP contribution is 2.17. The fourth-order valence-corrected chi connectivity index (χ4v) is 1.89. The summed E-state index contributed by atoms with van der Waals surface area (Å²) in [6.07, 6.45) is 0. The van der Waals surface area contributed by atoms with E-state index in [9.17, 15) is 18.0 Å². The van der Waals surface area contributed by atoms with Gasteiger partial charge >= 0.3 is 0 Å². The maximum atomic E-state index is 13.8. The van der Waals surface area contributed by atoms with Gasteiger partial charge in [0.25, 0.3) is 5.91 Å². The van der Waals surface area contributed by atoms with Gasteiger partial charge in [-0.05, 0) is 42.3 Å². The van der Waals surface area contributed by atoms with Crippen molar-refractivity contribution >= 4 is 11.6 Å². The predicted octanol–water partition coefficient (Wildman–Crippen LogP) is 2.92. The van der Waals surface area contributed by atoms with Crippen molar-refractivity contribution in [1.82, 2.24) is 5.32 Å². The van der Waals surface area contributed by atoms with Gasteiger partial charge in [0, 0.05) is 12.2 Å². The van der Waals surface area contributed by atoms with Gasteiger partial charge in [-0.15, -0.1) is 0 Å². The van der Waals surface area contributed by atoms with Gasteiger partial charge in [0.15, 0.2) is 11.6 Å². The van der Waals surface area contributed by atoms with Crippen molar-refractivity contribution in [3.05, 3.63) is 64.5 Å². The molecule has 110 valence electrons. The van der Waals surface area contributed by atoms with Crippen LogP contribution in [-0.4, -0.2) is 5.91 Å². The average Bonchev–Trinajstić information content (AvgIpc) is 2.43. The molecule has 0 atom stereocenters. The zero-order valence-electron chi connectivity index (χ0n) is 11.2. The van der Waals surface area contributed by atoms with E-state index in [4.69, 9.17) is 5.73 Å². The molecule has 0 aliphatic heterocycles. The Labute approximate surface area is 119 Å². The van der Waals surface area contributed by atoms with Crippen LogP contribution in [0, 0.1) is 24.4 Å². The minimum Gasteiger partial charge on any atom is -0.399 e. The van der Waals surface area contributed by atoms with Crippen LogP contribution in [0.2, 0.25) is 0 Å². The summed E-state index contributed by atoms with van der Waals surface area (Å²) in [4.78, 5) is 11.9. The monoisotopic (exact) mass is 294 g/mol. The normalized spacial score (nSPS) is 10.5. The molecule has 21 heavy (non-hydrogen) atoms. The Bertz CT molecular complexity index is 702. The molecule has 0 aromatic heterocycles. The molecule has 2 rings (SSSR count). The van der Waals surface area contributed by atoms with E-state index in [-0.39, 0.29) is 23.4 Å². The first kappa shape index (κ1) is 14.9. The summed E-state index contributed by atoms with van der Waals surface area (Å²) in [6.45, 7) is 1.45. The Morgan fingerprint density at radius 1 is 1.14 bits per heavy atom. The molecule has 0 aliphatic rings. The van der Waals surface area contributed by atoms with Crippen molar-refractivity contribution in [3.63, 3.8) is 0 Å². The summed E-state index contributed by atoms with van der Waals surface area (Å²) in [6, 6.07) is 5.91. The maximum Gasteiger partial charge on any atom is 0.254 e. The van der Waals surface area contributed by atoms with Gasteiger partial charge < -0.3 is 11.1 Å². The maximum absolute atomic E-state index is 13.8. The molecule has 0 fully saturated rings. The number of benzene rings is 2. The molecule has 2 aromatic carbocycles. The van der Waals surface area contributed by atoms with Crippen LogP contribution in [0.4, 0.5) is 18.9 Å². The number of nitrogens with two attached hydrogens (primary N) is 1. The van der Waals surface area contributed by atoms with Crippen LogP contribution in [0.15, 0.2) is 30.3 Å². The number of nitrogen functional groups attached to an aromatic ring is 1. The minimum atomic E-state index is -1.01. The predicted molar refractivity (Wildman–Crippen MR) is 73.1 cm³/mol. The molecule has 3 N–H and O–H groups in total. The number of nitrogens with one attached hydrogen (secondary N) is 1. The van der Waals surface area contributed by atoms with E-state index in [1.54, 1.807) is 0 Å². The van der Waals surface area contributed by atoms with E-state index < -0.39 is 23.4 Å². The zero-order valence-corrected chi connectivity index (χ0v) is 11.2. The molecule has 2 aromatic rings. The number of halogens is 3. The van der Waals surface area contributed by atoms with Gasteiger partial charge in [0.2, 0.25) is 0 Å². The van der Waals surface area contributed by atoms with Crippen molar-refractivity contribution in [2.45, 2.75) is 13.5 Å². The first-order valence-corrected chi connectivity index (χ1v) is 6.16. The largest absolute Gasteiger partial charge is 0.399 e. The number of rotatable bonds is 3. The molecule has 0 radical (unpaired) electrons. The second-order valence-electron chi connectivity index (χ2n) is 4.63. The van der Waals surface area contributed by atoms with E-state index in [0.717, 1.165) is 12.1 Å². The number of anilines is 1. The quantitative estimate of drug-likeness (QED) is 0.855. The lowest BCUT2D eigenvalue weighted by Crippen LogP contribution is -2.24. The van der Waals surface area contributed by atoms with Gasteiger partial charge in [-0.2, -0.15) is 0 Å². The first-order chi connectivity index (χ1) is 9.88. The van der Waals surface area contributed by atoms with E-state index in [0.29, 0.717) is 5.56 Å². The number of hydrogen-bond acceptors (Lipinski definition) is 2. The van der Waals surface area contributed by atoms with E-state index in [1.807, 2.05) is 0 Å². The zero-order chi connectivity index (χ0) is 15.6. The fraction of sp³-hybridized carbons (Fsp3) is 0.133. The topological polar surface area (TPSA) is 55.1 Å². The lowest BCUT2D eigenvalue weighted by atomic mass is 10.1. The smallest absolute Gasteiger partial charge is 0.254 e.